The van der Waals surface area contributed by atoms with E-state index >= 15 is 0 Å². The fraction of sp³-hybridized carbons (Fsp3) is 0.0500. The first-order valence-corrected chi connectivity index (χ1v) is 8.86. The van der Waals surface area contributed by atoms with E-state index in [1.54, 1.807) is 22.7 Å². The number of aromatic nitrogens is 3. The van der Waals surface area contributed by atoms with Crippen molar-refractivity contribution < 1.29 is 0 Å². The van der Waals surface area contributed by atoms with Crippen molar-refractivity contribution in [2.24, 2.45) is 0 Å². The third kappa shape index (κ3) is 2.80. The van der Waals surface area contributed by atoms with Gasteiger partial charge in [0.05, 0.1) is 16.4 Å². The van der Waals surface area contributed by atoms with Gasteiger partial charge in [-0.05, 0) is 30.7 Å². The monoisotopic (exact) mass is 393 g/mol. The molecule has 0 spiro atoms. The molecule has 7 heteroatoms. The summed E-state index contributed by atoms with van der Waals surface area (Å²) >= 11 is 12.4. The molecule has 0 atom stereocenters. The van der Waals surface area contributed by atoms with Crippen LogP contribution < -0.4 is 5.73 Å². The van der Waals surface area contributed by atoms with Crippen molar-refractivity contribution in [3.05, 3.63) is 69.8 Å². The first-order chi connectivity index (χ1) is 13.0. The molecule has 0 unspecified atom stereocenters. The average molecular weight is 394 g/mol. The van der Waals surface area contributed by atoms with Crippen LogP contribution in [-0.4, -0.2) is 14.6 Å². The van der Waals surface area contributed by atoms with E-state index < -0.39 is 0 Å². The molecule has 2 heterocycles. The number of benzene rings is 2. The molecule has 27 heavy (non-hydrogen) atoms. The van der Waals surface area contributed by atoms with Crippen LogP contribution in [0.3, 0.4) is 0 Å². The smallest absolute Gasteiger partial charge is 0.166 e. The Bertz CT molecular complexity index is 1220. The minimum absolute atomic E-state index is 0.128. The van der Waals surface area contributed by atoms with Crippen LogP contribution in [0.4, 0.5) is 5.82 Å². The topological polar surface area (TPSA) is 80.0 Å². The SMILES string of the molecule is Cc1nn2c(-c3ccc(Cl)cc3Cl)c(C#N)c(N)nc2c1-c1ccccc1. The van der Waals surface area contributed by atoms with Crippen molar-refractivity contribution >= 4 is 34.7 Å². The van der Waals surface area contributed by atoms with Crippen LogP contribution >= 0.6 is 23.2 Å². The molecular formula is C20H13Cl2N5. The minimum Gasteiger partial charge on any atom is -0.382 e. The molecule has 4 rings (SSSR count). The molecule has 0 aliphatic carbocycles. The standard InChI is InChI=1S/C20H13Cl2N5/c1-11-17(12-5-3-2-4-6-12)20-25-19(24)15(10-23)18(27(20)26-11)14-8-7-13(21)9-16(14)22/h2-9H,1H3,(H2,24,25). The maximum absolute atomic E-state index is 9.68. The quantitative estimate of drug-likeness (QED) is 0.511. The first kappa shape index (κ1) is 17.3. The van der Waals surface area contributed by atoms with Crippen LogP contribution in [0.25, 0.3) is 28.0 Å². The molecule has 0 amide bonds. The van der Waals surface area contributed by atoms with Gasteiger partial charge in [0, 0.05) is 16.1 Å². The van der Waals surface area contributed by atoms with Crippen LogP contribution in [-0.2, 0) is 0 Å². The summed E-state index contributed by atoms with van der Waals surface area (Å²) in [5.41, 5.74) is 10.6. The number of hydrogen-bond donors (Lipinski definition) is 1. The van der Waals surface area contributed by atoms with Gasteiger partial charge >= 0.3 is 0 Å². The summed E-state index contributed by atoms with van der Waals surface area (Å²) in [6, 6.07) is 17.0. The largest absolute Gasteiger partial charge is 0.382 e. The highest BCUT2D eigenvalue weighted by Gasteiger charge is 2.22. The molecule has 0 fully saturated rings. The number of nitrogen functional groups attached to an aromatic ring is 1. The number of rotatable bonds is 2. The zero-order valence-electron chi connectivity index (χ0n) is 14.2. The number of aryl methyl sites for hydroxylation is 1. The van der Waals surface area contributed by atoms with E-state index in [9.17, 15) is 5.26 Å². The fourth-order valence-electron chi connectivity index (χ4n) is 3.15. The van der Waals surface area contributed by atoms with E-state index in [0.29, 0.717) is 26.9 Å². The maximum atomic E-state index is 9.68. The van der Waals surface area contributed by atoms with Gasteiger partial charge in [0.25, 0.3) is 0 Å². The van der Waals surface area contributed by atoms with Gasteiger partial charge < -0.3 is 5.73 Å². The molecule has 2 aromatic heterocycles. The lowest BCUT2D eigenvalue weighted by Gasteiger charge is -2.11. The van der Waals surface area contributed by atoms with E-state index in [4.69, 9.17) is 28.9 Å². The normalized spacial score (nSPS) is 10.9. The van der Waals surface area contributed by atoms with Crippen LogP contribution in [0.15, 0.2) is 48.5 Å². The van der Waals surface area contributed by atoms with Gasteiger partial charge in [0.15, 0.2) is 5.65 Å². The molecule has 4 aromatic rings. The molecule has 2 aromatic carbocycles. The number of anilines is 1. The van der Waals surface area contributed by atoms with E-state index in [1.807, 2.05) is 37.3 Å². The lowest BCUT2D eigenvalue weighted by atomic mass is 10.0. The number of hydrogen-bond acceptors (Lipinski definition) is 4. The Balaban J connectivity index is 2.14. The van der Waals surface area contributed by atoms with Gasteiger partial charge in [-0.15, -0.1) is 0 Å². The Morgan fingerprint density at radius 1 is 1.11 bits per heavy atom. The zero-order valence-corrected chi connectivity index (χ0v) is 15.8. The number of halogens is 2. The molecule has 0 saturated heterocycles. The summed E-state index contributed by atoms with van der Waals surface area (Å²) in [5, 5.41) is 15.2. The Morgan fingerprint density at radius 3 is 2.52 bits per heavy atom. The Labute approximate surface area is 165 Å². The lowest BCUT2D eigenvalue weighted by Crippen LogP contribution is -2.06. The summed E-state index contributed by atoms with van der Waals surface area (Å²) in [5.74, 6) is 0.128. The first-order valence-electron chi connectivity index (χ1n) is 8.11. The van der Waals surface area contributed by atoms with Gasteiger partial charge in [-0.2, -0.15) is 10.4 Å². The molecule has 2 N–H and O–H groups in total. The lowest BCUT2D eigenvalue weighted by molar-refractivity contribution is 0.923. The number of nitrogens with two attached hydrogens (primary N) is 1. The summed E-state index contributed by atoms with van der Waals surface area (Å²) in [6.45, 7) is 1.90. The van der Waals surface area contributed by atoms with Crippen LogP contribution in [0.1, 0.15) is 11.3 Å². The number of nitrogens with zero attached hydrogens (tertiary/aromatic N) is 4. The van der Waals surface area contributed by atoms with Crippen LogP contribution in [0.5, 0.6) is 0 Å². The third-order valence-corrected chi connectivity index (χ3v) is 4.88. The minimum atomic E-state index is 0.128. The molecule has 0 bridgehead atoms. The van der Waals surface area contributed by atoms with Crippen molar-refractivity contribution in [2.75, 3.05) is 5.73 Å². The maximum Gasteiger partial charge on any atom is 0.166 e. The highest BCUT2D eigenvalue weighted by molar-refractivity contribution is 6.36. The van der Waals surface area contributed by atoms with E-state index in [2.05, 4.69) is 16.2 Å². The van der Waals surface area contributed by atoms with Gasteiger partial charge in [-0.25, -0.2) is 9.50 Å². The fourth-order valence-corrected chi connectivity index (χ4v) is 3.65. The van der Waals surface area contributed by atoms with Gasteiger partial charge in [0.1, 0.15) is 17.5 Å². The Hall–Kier alpha value is -3.07. The van der Waals surface area contributed by atoms with Crippen molar-refractivity contribution in [1.82, 2.24) is 14.6 Å². The summed E-state index contributed by atoms with van der Waals surface area (Å²) < 4.78 is 1.63. The van der Waals surface area contributed by atoms with E-state index in [1.165, 1.54) is 0 Å². The highest BCUT2D eigenvalue weighted by Crippen LogP contribution is 2.37. The Kier molecular flexibility index (Phi) is 4.23. The molecule has 132 valence electrons. The predicted octanol–water partition coefficient (Wildman–Crippen LogP) is 5.13. The van der Waals surface area contributed by atoms with Crippen molar-refractivity contribution in [3.63, 3.8) is 0 Å². The summed E-state index contributed by atoms with van der Waals surface area (Å²) in [7, 11) is 0. The average Bonchev–Trinajstić information content (AvgIpc) is 2.97. The van der Waals surface area contributed by atoms with Crippen LogP contribution in [0.2, 0.25) is 10.0 Å². The van der Waals surface area contributed by atoms with Gasteiger partial charge in [-0.1, -0.05) is 53.5 Å². The molecule has 0 radical (unpaired) electrons. The molecular weight excluding hydrogens is 381 g/mol. The zero-order chi connectivity index (χ0) is 19.1. The molecule has 5 nitrogen and oxygen atoms in total. The Morgan fingerprint density at radius 2 is 1.85 bits per heavy atom. The third-order valence-electron chi connectivity index (χ3n) is 4.33. The van der Waals surface area contributed by atoms with E-state index in [-0.39, 0.29) is 11.4 Å². The summed E-state index contributed by atoms with van der Waals surface area (Å²) in [4.78, 5) is 4.46. The van der Waals surface area contributed by atoms with E-state index in [0.717, 1.165) is 16.8 Å². The van der Waals surface area contributed by atoms with Crippen molar-refractivity contribution in [1.29, 1.82) is 5.26 Å². The van der Waals surface area contributed by atoms with Crippen molar-refractivity contribution in [2.45, 2.75) is 6.92 Å². The molecule has 0 aliphatic heterocycles. The van der Waals surface area contributed by atoms with Crippen LogP contribution in [0, 0.1) is 18.3 Å². The van der Waals surface area contributed by atoms with Gasteiger partial charge in [-0.3, -0.25) is 0 Å². The second-order valence-corrected chi connectivity index (χ2v) is 6.86. The number of fused-ring (bicyclic) bond motifs is 1. The highest BCUT2D eigenvalue weighted by atomic mass is 35.5. The molecule has 0 saturated carbocycles. The van der Waals surface area contributed by atoms with Gasteiger partial charge in [0.2, 0.25) is 0 Å². The second-order valence-electron chi connectivity index (χ2n) is 6.02. The predicted molar refractivity (Wildman–Crippen MR) is 108 cm³/mol. The molecule has 0 aliphatic rings. The number of nitriles is 1. The summed E-state index contributed by atoms with van der Waals surface area (Å²) in [6.07, 6.45) is 0. The second kappa shape index (κ2) is 6.58. The van der Waals surface area contributed by atoms with Crippen molar-refractivity contribution in [3.8, 4) is 28.5 Å².